The van der Waals surface area contributed by atoms with Gasteiger partial charge < -0.3 is 14.3 Å². The van der Waals surface area contributed by atoms with Crippen LogP contribution in [0.2, 0.25) is 18.1 Å². The molecule has 0 aliphatic heterocycles. The Hall–Kier alpha value is -2.19. The van der Waals surface area contributed by atoms with Crippen LogP contribution in [0.5, 0.6) is 5.75 Å². The van der Waals surface area contributed by atoms with Gasteiger partial charge in [0.25, 0.3) is 0 Å². The van der Waals surface area contributed by atoms with Crippen molar-refractivity contribution in [3.8, 4) is 17.0 Å². The Morgan fingerprint density at radius 3 is 2.52 bits per heavy atom. The third kappa shape index (κ3) is 5.54. The van der Waals surface area contributed by atoms with Crippen LogP contribution >= 0.6 is 0 Å². The molecule has 1 aliphatic carbocycles. The number of carboxylic acid groups (broad SMARTS) is 1. The van der Waals surface area contributed by atoms with E-state index in [0.29, 0.717) is 13.0 Å². The van der Waals surface area contributed by atoms with E-state index in [2.05, 4.69) is 44.2 Å². The number of aryl methyl sites for hydroxylation is 1. The standard InChI is InChI=1S/C23H35N3O4Si/c1-23(2,3)31(5,6)29-15-20-21(24-25-26(20)4)16-10-12-18(13-11-16)30-19-9-7-8-17(14-19)22(27)28/h10-13,17,19H,7-9,14-15H2,1-6H3,(H,27,28). The summed E-state index contributed by atoms with van der Waals surface area (Å²) in [5.41, 5.74) is 2.73. The third-order valence-corrected chi connectivity index (χ3v) is 11.2. The number of nitrogens with zero attached hydrogens (tertiary/aromatic N) is 3. The molecule has 1 fully saturated rings. The highest BCUT2D eigenvalue weighted by atomic mass is 28.4. The second kappa shape index (κ2) is 9.12. The van der Waals surface area contributed by atoms with Crippen LogP contribution in [-0.2, 0) is 22.9 Å². The van der Waals surface area contributed by atoms with Gasteiger partial charge in [0.15, 0.2) is 8.32 Å². The van der Waals surface area contributed by atoms with Gasteiger partial charge in [0.05, 0.1) is 24.3 Å². The molecule has 0 spiro atoms. The molecule has 2 atom stereocenters. The molecule has 0 bridgehead atoms. The van der Waals surface area contributed by atoms with Crippen molar-refractivity contribution in [1.82, 2.24) is 15.0 Å². The predicted molar refractivity (Wildman–Crippen MR) is 122 cm³/mol. The van der Waals surface area contributed by atoms with Gasteiger partial charge in [-0.2, -0.15) is 0 Å². The highest BCUT2D eigenvalue weighted by molar-refractivity contribution is 6.74. The zero-order valence-corrected chi connectivity index (χ0v) is 20.5. The van der Waals surface area contributed by atoms with Crippen LogP contribution in [0.25, 0.3) is 11.3 Å². The highest BCUT2D eigenvalue weighted by Crippen LogP contribution is 2.37. The van der Waals surface area contributed by atoms with Crippen LogP contribution in [0.1, 0.15) is 52.1 Å². The molecule has 1 aromatic heterocycles. The number of rotatable bonds is 7. The summed E-state index contributed by atoms with van der Waals surface area (Å²) in [6.45, 7) is 11.6. The first kappa shape index (κ1) is 23.5. The largest absolute Gasteiger partial charge is 0.490 e. The van der Waals surface area contributed by atoms with Gasteiger partial charge in [-0.05, 0) is 68.1 Å². The summed E-state index contributed by atoms with van der Waals surface area (Å²) in [6.07, 6.45) is 3.03. The molecule has 3 rings (SSSR count). The minimum atomic E-state index is -1.89. The molecule has 1 aromatic carbocycles. The van der Waals surface area contributed by atoms with E-state index in [0.717, 1.165) is 42.0 Å². The van der Waals surface area contributed by atoms with E-state index in [-0.39, 0.29) is 17.1 Å². The minimum absolute atomic E-state index is 0.0502. The van der Waals surface area contributed by atoms with Gasteiger partial charge in [-0.15, -0.1) is 5.10 Å². The van der Waals surface area contributed by atoms with Crippen LogP contribution in [0, 0.1) is 5.92 Å². The summed E-state index contributed by atoms with van der Waals surface area (Å²) in [5, 5.41) is 18.0. The third-order valence-electron chi connectivity index (χ3n) is 6.72. The number of ether oxygens (including phenoxy) is 1. The van der Waals surface area contributed by atoms with Gasteiger partial charge in [0.2, 0.25) is 0 Å². The van der Waals surface area contributed by atoms with Crippen LogP contribution < -0.4 is 4.74 Å². The molecule has 2 aromatic rings. The van der Waals surface area contributed by atoms with Crippen molar-refractivity contribution in [2.75, 3.05) is 0 Å². The van der Waals surface area contributed by atoms with Crippen LogP contribution in [0.15, 0.2) is 24.3 Å². The smallest absolute Gasteiger partial charge is 0.306 e. The van der Waals surface area contributed by atoms with E-state index in [1.54, 1.807) is 4.68 Å². The molecule has 0 saturated heterocycles. The second-order valence-corrected chi connectivity index (χ2v) is 14.8. The lowest BCUT2D eigenvalue weighted by molar-refractivity contribution is -0.143. The molecular formula is C23H35N3O4Si. The first-order valence-corrected chi connectivity index (χ1v) is 13.9. The summed E-state index contributed by atoms with van der Waals surface area (Å²) >= 11 is 0. The van der Waals surface area contributed by atoms with E-state index in [1.807, 2.05) is 31.3 Å². The monoisotopic (exact) mass is 445 g/mol. The lowest BCUT2D eigenvalue weighted by atomic mass is 9.87. The van der Waals surface area contributed by atoms with Gasteiger partial charge in [-0.25, -0.2) is 4.68 Å². The molecule has 1 heterocycles. The van der Waals surface area contributed by atoms with Crippen molar-refractivity contribution in [1.29, 1.82) is 0 Å². The summed E-state index contributed by atoms with van der Waals surface area (Å²) < 4.78 is 14.2. The minimum Gasteiger partial charge on any atom is -0.490 e. The number of carbonyl (C=O) groups is 1. The van der Waals surface area contributed by atoms with Crippen molar-refractivity contribution < 1.29 is 19.1 Å². The summed E-state index contributed by atoms with van der Waals surface area (Å²) in [4.78, 5) is 11.3. The zero-order valence-electron chi connectivity index (χ0n) is 19.5. The molecular weight excluding hydrogens is 410 g/mol. The summed E-state index contributed by atoms with van der Waals surface area (Å²) in [6, 6.07) is 7.80. The lowest BCUT2D eigenvalue weighted by Crippen LogP contribution is -2.40. The quantitative estimate of drug-likeness (QED) is 0.602. The average molecular weight is 446 g/mol. The highest BCUT2D eigenvalue weighted by Gasteiger charge is 2.37. The maximum absolute atomic E-state index is 11.3. The Bertz CT molecular complexity index is 903. The molecule has 0 amide bonds. The molecule has 1 aliphatic rings. The van der Waals surface area contributed by atoms with Gasteiger partial charge in [0.1, 0.15) is 11.4 Å². The van der Waals surface area contributed by atoms with Crippen molar-refractivity contribution >= 4 is 14.3 Å². The molecule has 1 saturated carbocycles. The fourth-order valence-corrected chi connectivity index (χ4v) is 4.52. The van der Waals surface area contributed by atoms with Crippen molar-refractivity contribution in [2.45, 2.75) is 77.3 Å². The van der Waals surface area contributed by atoms with Crippen LogP contribution in [-0.4, -0.2) is 40.5 Å². The number of benzene rings is 1. The van der Waals surface area contributed by atoms with E-state index in [9.17, 15) is 9.90 Å². The maximum atomic E-state index is 11.3. The molecule has 170 valence electrons. The molecule has 1 N–H and O–H groups in total. The Labute approximate surface area is 185 Å². The first-order chi connectivity index (χ1) is 14.5. The average Bonchev–Trinajstić information content (AvgIpc) is 3.07. The topological polar surface area (TPSA) is 86.5 Å². The van der Waals surface area contributed by atoms with E-state index < -0.39 is 14.3 Å². The van der Waals surface area contributed by atoms with Crippen molar-refractivity contribution in [2.24, 2.45) is 13.0 Å². The molecule has 0 radical (unpaired) electrons. The normalized spacial score (nSPS) is 19.9. The van der Waals surface area contributed by atoms with Gasteiger partial charge >= 0.3 is 5.97 Å². The number of hydrogen-bond donors (Lipinski definition) is 1. The Morgan fingerprint density at radius 1 is 1.23 bits per heavy atom. The number of aliphatic carboxylic acids is 1. The molecule has 7 nitrogen and oxygen atoms in total. The first-order valence-electron chi connectivity index (χ1n) is 11.0. The summed E-state index contributed by atoms with van der Waals surface area (Å²) in [7, 11) is 0.00278. The van der Waals surface area contributed by atoms with E-state index >= 15 is 0 Å². The van der Waals surface area contributed by atoms with Crippen molar-refractivity contribution in [3.05, 3.63) is 30.0 Å². The van der Waals surface area contributed by atoms with Gasteiger partial charge in [-0.1, -0.05) is 26.0 Å². The van der Waals surface area contributed by atoms with Gasteiger partial charge in [-0.3, -0.25) is 4.79 Å². The number of hydrogen-bond acceptors (Lipinski definition) is 5. The lowest BCUT2D eigenvalue weighted by Gasteiger charge is -2.36. The SMILES string of the molecule is Cn1nnc(-c2ccc(OC3CCCC(C(=O)O)C3)cc2)c1CO[Si](C)(C)C(C)(C)C. The molecule has 2 unspecified atom stereocenters. The van der Waals surface area contributed by atoms with Gasteiger partial charge in [0, 0.05) is 12.6 Å². The Kier molecular flexibility index (Phi) is 6.91. The van der Waals surface area contributed by atoms with Crippen LogP contribution in [0.4, 0.5) is 0 Å². The number of carboxylic acids is 1. The molecule has 8 heteroatoms. The fraction of sp³-hybridized carbons (Fsp3) is 0.609. The van der Waals surface area contributed by atoms with Crippen molar-refractivity contribution in [3.63, 3.8) is 0 Å². The van der Waals surface area contributed by atoms with E-state index in [4.69, 9.17) is 9.16 Å². The second-order valence-electron chi connectivity index (χ2n) is 10.0. The number of aromatic nitrogens is 3. The van der Waals surface area contributed by atoms with Crippen LogP contribution in [0.3, 0.4) is 0 Å². The Morgan fingerprint density at radius 2 is 1.90 bits per heavy atom. The Balaban J connectivity index is 1.70. The zero-order chi connectivity index (χ0) is 22.8. The van der Waals surface area contributed by atoms with E-state index in [1.165, 1.54) is 0 Å². The fourth-order valence-electron chi connectivity index (χ4n) is 3.59. The molecule has 31 heavy (non-hydrogen) atoms. The predicted octanol–water partition coefficient (Wildman–Crippen LogP) is 5.03. The maximum Gasteiger partial charge on any atom is 0.306 e. The summed E-state index contributed by atoms with van der Waals surface area (Å²) in [5.74, 6) is -0.275.